The number of benzene rings is 2. The van der Waals surface area contributed by atoms with Crippen molar-refractivity contribution in [2.24, 2.45) is 0 Å². The number of carbonyl (C=O) groups excluding carboxylic acids is 2. The monoisotopic (exact) mass is 495 g/mol. The summed E-state index contributed by atoms with van der Waals surface area (Å²) < 4.78 is 5.60. The number of carboxylic acid groups (broad SMARTS) is 1. The first-order valence-corrected chi connectivity index (χ1v) is 11.7. The summed E-state index contributed by atoms with van der Waals surface area (Å²) in [5.74, 6) is -2.39. The molecule has 1 amide bonds. The molecule has 0 fully saturated rings. The number of pyridine rings is 1. The predicted octanol–water partition coefficient (Wildman–Crippen LogP) is 4.54. The highest BCUT2D eigenvalue weighted by Crippen LogP contribution is 2.30. The highest BCUT2D eigenvalue weighted by molar-refractivity contribution is 6.34. The molecule has 3 aromatic rings. The number of anilines is 1. The van der Waals surface area contributed by atoms with Gasteiger partial charge < -0.3 is 15.2 Å². The molecule has 1 atom stereocenters. The minimum atomic E-state index is -1.15. The number of ether oxygens (including phenoxy) is 1. The Kier molecular flexibility index (Phi) is 7.05. The number of aromatic carboxylic acids is 1. The molecule has 1 unspecified atom stereocenters. The summed E-state index contributed by atoms with van der Waals surface area (Å²) in [7, 11) is 0. The van der Waals surface area contributed by atoms with Gasteiger partial charge in [0.15, 0.2) is 6.10 Å². The molecule has 0 aliphatic carbocycles. The van der Waals surface area contributed by atoms with E-state index in [-0.39, 0.29) is 16.3 Å². The lowest BCUT2D eigenvalue weighted by Crippen LogP contribution is -2.37. The van der Waals surface area contributed by atoms with E-state index in [1.807, 2.05) is 24.3 Å². The van der Waals surface area contributed by atoms with Crippen LogP contribution in [-0.2, 0) is 22.5 Å². The van der Waals surface area contributed by atoms with E-state index >= 15 is 0 Å². The number of carbonyl (C=O) groups is 3. The van der Waals surface area contributed by atoms with Crippen LogP contribution in [0.3, 0.4) is 0 Å². The van der Waals surface area contributed by atoms with Crippen molar-refractivity contribution in [2.45, 2.75) is 45.9 Å². The van der Waals surface area contributed by atoms with E-state index < -0.39 is 23.9 Å². The number of hydrogen-bond acceptors (Lipinski definition) is 6. The van der Waals surface area contributed by atoms with Crippen molar-refractivity contribution in [2.75, 3.05) is 11.9 Å². The smallest absolute Gasteiger partial charge is 0.339 e. The summed E-state index contributed by atoms with van der Waals surface area (Å²) in [5.41, 5.74) is 2.89. The molecule has 2 aromatic carbocycles. The highest BCUT2D eigenvalue weighted by Gasteiger charge is 2.29. The number of hydrogen-bond donors (Lipinski definition) is 2. The van der Waals surface area contributed by atoms with Gasteiger partial charge in [-0.3, -0.25) is 14.7 Å². The zero-order valence-corrected chi connectivity index (χ0v) is 20.4. The van der Waals surface area contributed by atoms with E-state index in [1.165, 1.54) is 25.1 Å². The molecular weight excluding hydrogens is 470 g/mol. The van der Waals surface area contributed by atoms with Gasteiger partial charge in [0.05, 0.1) is 27.4 Å². The number of nitrogens with one attached hydrogen (secondary N) is 1. The van der Waals surface area contributed by atoms with Gasteiger partial charge in [-0.1, -0.05) is 29.8 Å². The Bertz CT molecular complexity index is 1320. The van der Waals surface area contributed by atoms with Crippen LogP contribution in [0.25, 0.3) is 10.9 Å². The van der Waals surface area contributed by atoms with Gasteiger partial charge in [0.1, 0.15) is 0 Å². The third-order valence-corrected chi connectivity index (χ3v) is 6.46. The highest BCUT2D eigenvalue weighted by atomic mass is 35.5. The Balaban J connectivity index is 1.61. The Hall–Kier alpha value is -3.49. The summed E-state index contributed by atoms with van der Waals surface area (Å²) in [4.78, 5) is 44.5. The third kappa shape index (κ3) is 5.13. The first-order chi connectivity index (χ1) is 16.7. The number of rotatable bonds is 6. The van der Waals surface area contributed by atoms with Crippen molar-refractivity contribution in [1.82, 2.24) is 9.88 Å². The topological polar surface area (TPSA) is 109 Å². The fourth-order valence-electron chi connectivity index (χ4n) is 4.15. The predicted molar refractivity (Wildman–Crippen MR) is 133 cm³/mol. The summed E-state index contributed by atoms with van der Waals surface area (Å²) in [5, 5.41) is 12.6. The molecule has 2 heterocycles. The molecule has 0 spiro atoms. The number of para-hydroxylation sites is 1. The van der Waals surface area contributed by atoms with Gasteiger partial charge in [-0.15, -0.1) is 0 Å². The number of aromatic nitrogens is 1. The van der Waals surface area contributed by atoms with Crippen LogP contribution in [0, 0.1) is 0 Å². The molecule has 2 N–H and O–H groups in total. The lowest BCUT2D eigenvalue weighted by Gasteiger charge is -2.32. The maximum Gasteiger partial charge on any atom is 0.339 e. The molecule has 0 saturated carbocycles. The Morgan fingerprint density at radius 2 is 1.89 bits per heavy atom. The van der Waals surface area contributed by atoms with Crippen molar-refractivity contribution < 1.29 is 24.2 Å². The lowest BCUT2D eigenvalue weighted by molar-refractivity contribution is -0.123. The number of esters is 1. The molecule has 8 nitrogen and oxygen atoms in total. The van der Waals surface area contributed by atoms with Gasteiger partial charge in [-0.05, 0) is 45.0 Å². The Labute approximate surface area is 207 Å². The molecule has 0 radical (unpaired) electrons. The van der Waals surface area contributed by atoms with Crippen molar-refractivity contribution >= 4 is 46.0 Å². The second-order valence-corrected chi connectivity index (χ2v) is 9.19. The molecular formula is C26H26ClN3O5. The average Bonchev–Trinajstić information content (AvgIpc) is 2.82. The van der Waals surface area contributed by atoms with E-state index in [0.29, 0.717) is 35.5 Å². The molecule has 4 rings (SSSR count). The summed E-state index contributed by atoms with van der Waals surface area (Å²) in [6.07, 6.45) is -0.438. The fraction of sp³-hybridized carbons (Fsp3) is 0.308. The van der Waals surface area contributed by atoms with Crippen LogP contribution in [0.4, 0.5) is 5.69 Å². The molecule has 35 heavy (non-hydrogen) atoms. The average molecular weight is 496 g/mol. The third-order valence-electron chi connectivity index (χ3n) is 6.13. The molecule has 1 aliphatic rings. The van der Waals surface area contributed by atoms with Crippen LogP contribution in [0.1, 0.15) is 52.7 Å². The van der Waals surface area contributed by atoms with E-state index in [2.05, 4.69) is 24.1 Å². The summed E-state index contributed by atoms with van der Waals surface area (Å²) in [6, 6.07) is 11.7. The largest absolute Gasteiger partial charge is 0.478 e. The lowest BCUT2D eigenvalue weighted by atomic mass is 9.95. The van der Waals surface area contributed by atoms with Crippen molar-refractivity contribution in [1.29, 1.82) is 0 Å². The number of fused-ring (bicyclic) bond motifs is 2. The molecule has 9 heteroatoms. The molecule has 182 valence electrons. The number of carboxylic acids is 1. The van der Waals surface area contributed by atoms with Crippen LogP contribution in [0.15, 0.2) is 42.5 Å². The standard InChI is InChI=1S/C26H26ClN3O5/c1-14(2)30-11-10-21-18(13-30)23(17-6-4-5-7-20(17)28-21)26(34)35-15(3)24(31)29-22-12-16(25(32)33)8-9-19(22)27/h4-9,12,14-15H,10-11,13H2,1-3H3,(H,29,31)(H,32,33). The second-order valence-electron chi connectivity index (χ2n) is 8.78. The van der Waals surface area contributed by atoms with E-state index in [0.717, 1.165) is 17.8 Å². The number of nitrogens with zero attached hydrogens (tertiary/aromatic N) is 2. The number of amides is 1. The Morgan fingerprint density at radius 1 is 1.14 bits per heavy atom. The van der Waals surface area contributed by atoms with Gasteiger partial charge in [-0.2, -0.15) is 0 Å². The van der Waals surface area contributed by atoms with Gasteiger partial charge in [0, 0.05) is 42.2 Å². The van der Waals surface area contributed by atoms with E-state index in [4.69, 9.17) is 21.3 Å². The van der Waals surface area contributed by atoms with Crippen LogP contribution < -0.4 is 5.32 Å². The van der Waals surface area contributed by atoms with Crippen LogP contribution >= 0.6 is 11.6 Å². The van der Waals surface area contributed by atoms with Crippen LogP contribution in [0.5, 0.6) is 0 Å². The van der Waals surface area contributed by atoms with E-state index in [1.54, 1.807) is 0 Å². The van der Waals surface area contributed by atoms with Crippen molar-refractivity contribution in [3.05, 3.63) is 69.9 Å². The van der Waals surface area contributed by atoms with Crippen LogP contribution in [0.2, 0.25) is 5.02 Å². The van der Waals surface area contributed by atoms with Crippen molar-refractivity contribution in [3.8, 4) is 0 Å². The maximum absolute atomic E-state index is 13.4. The minimum Gasteiger partial charge on any atom is -0.478 e. The summed E-state index contributed by atoms with van der Waals surface area (Å²) in [6.45, 7) is 7.08. The Morgan fingerprint density at radius 3 is 2.60 bits per heavy atom. The number of halogens is 1. The van der Waals surface area contributed by atoms with Gasteiger partial charge in [0.25, 0.3) is 5.91 Å². The van der Waals surface area contributed by atoms with Crippen molar-refractivity contribution in [3.63, 3.8) is 0 Å². The molecule has 0 bridgehead atoms. The zero-order chi connectivity index (χ0) is 25.3. The van der Waals surface area contributed by atoms with E-state index in [9.17, 15) is 19.5 Å². The summed E-state index contributed by atoms with van der Waals surface area (Å²) >= 11 is 6.11. The van der Waals surface area contributed by atoms with Gasteiger partial charge in [0.2, 0.25) is 0 Å². The van der Waals surface area contributed by atoms with Gasteiger partial charge in [-0.25, -0.2) is 9.59 Å². The quantitative estimate of drug-likeness (QED) is 0.483. The molecule has 1 aromatic heterocycles. The second kappa shape index (κ2) is 10.0. The van der Waals surface area contributed by atoms with Gasteiger partial charge >= 0.3 is 11.9 Å². The minimum absolute atomic E-state index is 0.0288. The normalized spacial score (nSPS) is 14.4. The first-order valence-electron chi connectivity index (χ1n) is 11.3. The molecule has 0 saturated heterocycles. The molecule has 1 aliphatic heterocycles. The SMILES string of the molecule is CC(OC(=O)c1c2c(nc3ccccc13)CCN(C(C)C)C2)C(=O)Nc1cc(C(=O)O)ccc1Cl. The van der Waals surface area contributed by atoms with Crippen LogP contribution in [-0.4, -0.2) is 51.5 Å². The maximum atomic E-state index is 13.4. The first kappa shape index (κ1) is 24.6. The zero-order valence-electron chi connectivity index (χ0n) is 19.7. The fourth-order valence-corrected chi connectivity index (χ4v) is 4.31.